The first-order valence-electron chi connectivity index (χ1n) is 11.2. The van der Waals surface area contributed by atoms with Crippen molar-refractivity contribution >= 4 is 34.7 Å². The van der Waals surface area contributed by atoms with Crippen LogP contribution in [0.4, 0.5) is 5.69 Å². The third-order valence-electron chi connectivity index (χ3n) is 7.24. The van der Waals surface area contributed by atoms with Gasteiger partial charge in [0, 0.05) is 16.9 Å². The minimum atomic E-state index is -0.372. The second-order valence-corrected chi connectivity index (χ2v) is 9.43. The standard InChI is InChI=1S/C29H22ClNO2/c1-17-12-13-20(30)16-23(17)31-28(32)26-21-14-15-22(27(26)29(31)33)25(21)24(18-8-4-2-5-9-18)19-10-6-3-7-11-19/h2-16,21-22,26-27H,1H3/t21-,22-,26+,27+/m0/s1. The van der Waals surface area contributed by atoms with E-state index in [0.717, 1.165) is 22.3 Å². The normalized spacial score (nSPS) is 25.2. The van der Waals surface area contributed by atoms with Gasteiger partial charge in [0.15, 0.2) is 0 Å². The number of imide groups is 1. The van der Waals surface area contributed by atoms with Crippen molar-refractivity contribution in [1.82, 2.24) is 0 Å². The van der Waals surface area contributed by atoms with Gasteiger partial charge in [-0.1, -0.05) is 90.5 Å². The highest BCUT2D eigenvalue weighted by molar-refractivity contribution is 6.31. The summed E-state index contributed by atoms with van der Waals surface area (Å²) in [7, 11) is 0. The van der Waals surface area contributed by atoms with Crippen molar-refractivity contribution in [3.05, 3.63) is 118 Å². The van der Waals surface area contributed by atoms with Gasteiger partial charge in [0.25, 0.3) is 0 Å². The predicted octanol–water partition coefficient (Wildman–Crippen LogP) is 6.07. The molecule has 2 fully saturated rings. The van der Waals surface area contributed by atoms with Crippen LogP contribution in [-0.4, -0.2) is 11.8 Å². The molecule has 0 radical (unpaired) electrons. The van der Waals surface area contributed by atoms with Gasteiger partial charge in [-0.05, 0) is 46.9 Å². The van der Waals surface area contributed by atoms with Gasteiger partial charge >= 0.3 is 0 Å². The van der Waals surface area contributed by atoms with Gasteiger partial charge in [0.05, 0.1) is 17.5 Å². The van der Waals surface area contributed by atoms with Crippen molar-refractivity contribution in [2.45, 2.75) is 6.92 Å². The Hall–Kier alpha value is -3.43. The summed E-state index contributed by atoms with van der Waals surface area (Å²) in [6, 6.07) is 25.9. The van der Waals surface area contributed by atoms with Gasteiger partial charge in [-0.25, -0.2) is 4.90 Å². The van der Waals surface area contributed by atoms with Crippen LogP contribution in [0.1, 0.15) is 16.7 Å². The van der Waals surface area contributed by atoms with E-state index in [4.69, 9.17) is 11.6 Å². The molecular weight excluding hydrogens is 430 g/mol. The summed E-state index contributed by atoms with van der Waals surface area (Å²) in [5.74, 6) is -1.16. The molecule has 0 spiro atoms. The van der Waals surface area contributed by atoms with Gasteiger partial charge < -0.3 is 0 Å². The third-order valence-corrected chi connectivity index (χ3v) is 7.48. The summed E-state index contributed by atoms with van der Waals surface area (Å²) >= 11 is 6.21. The van der Waals surface area contributed by atoms with E-state index in [0.29, 0.717) is 10.7 Å². The number of aryl methyl sites for hydroxylation is 1. The topological polar surface area (TPSA) is 37.4 Å². The van der Waals surface area contributed by atoms with Gasteiger partial charge in [-0.2, -0.15) is 0 Å². The molecule has 162 valence electrons. The Labute approximate surface area is 198 Å². The minimum absolute atomic E-state index is 0.0867. The molecule has 1 aliphatic heterocycles. The van der Waals surface area contributed by atoms with E-state index in [2.05, 4.69) is 36.4 Å². The average Bonchev–Trinajstić information content (AvgIpc) is 3.47. The fourth-order valence-corrected chi connectivity index (χ4v) is 6.03. The zero-order valence-corrected chi connectivity index (χ0v) is 18.9. The number of fused-ring (bicyclic) bond motifs is 5. The number of benzene rings is 3. The van der Waals surface area contributed by atoms with Gasteiger partial charge in [0.2, 0.25) is 11.8 Å². The Balaban J connectivity index is 1.50. The van der Waals surface area contributed by atoms with Gasteiger partial charge in [0.1, 0.15) is 0 Å². The molecule has 3 nitrogen and oxygen atoms in total. The van der Waals surface area contributed by atoms with E-state index in [1.165, 1.54) is 10.5 Å². The number of hydrogen-bond donors (Lipinski definition) is 0. The maximum absolute atomic E-state index is 13.7. The zero-order valence-electron chi connectivity index (χ0n) is 18.1. The van der Waals surface area contributed by atoms with Crippen LogP contribution >= 0.6 is 11.6 Å². The molecule has 4 heteroatoms. The summed E-state index contributed by atoms with van der Waals surface area (Å²) in [6.45, 7) is 1.90. The first-order chi connectivity index (χ1) is 16.1. The Bertz CT molecular complexity index is 1270. The van der Waals surface area contributed by atoms with Crippen LogP contribution < -0.4 is 4.90 Å². The summed E-state index contributed by atoms with van der Waals surface area (Å²) in [5, 5.41) is 0.519. The molecule has 1 saturated heterocycles. The Morgan fingerprint density at radius 1 is 0.758 bits per heavy atom. The summed E-state index contributed by atoms with van der Waals surface area (Å²) in [4.78, 5) is 28.8. The van der Waals surface area contributed by atoms with E-state index in [-0.39, 0.29) is 35.5 Å². The molecule has 3 aliphatic rings. The third kappa shape index (κ3) is 2.96. The molecule has 0 unspecified atom stereocenters. The highest BCUT2D eigenvalue weighted by atomic mass is 35.5. The first-order valence-corrected chi connectivity index (χ1v) is 11.6. The van der Waals surface area contributed by atoms with E-state index >= 15 is 0 Å². The molecule has 33 heavy (non-hydrogen) atoms. The Morgan fingerprint density at radius 2 is 1.27 bits per heavy atom. The maximum Gasteiger partial charge on any atom is 0.238 e. The van der Waals surface area contributed by atoms with Crippen LogP contribution in [-0.2, 0) is 9.59 Å². The van der Waals surface area contributed by atoms with Crippen molar-refractivity contribution in [1.29, 1.82) is 0 Å². The molecule has 2 amide bonds. The highest BCUT2D eigenvalue weighted by Gasteiger charge is 2.62. The number of rotatable bonds is 3. The Morgan fingerprint density at radius 3 is 1.79 bits per heavy atom. The smallest absolute Gasteiger partial charge is 0.238 e. The van der Waals surface area contributed by atoms with Crippen molar-refractivity contribution in [2.75, 3.05) is 4.90 Å². The molecule has 0 N–H and O–H groups in total. The van der Waals surface area contributed by atoms with Crippen molar-refractivity contribution in [2.24, 2.45) is 23.7 Å². The molecule has 1 saturated carbocycles. The number of allylic oxidation sites excluding steroid dienone is 3. The average molecular weight is 452 g/mol. The molecule has 3 aromatic rings. The van der Waals surface area contributed by atoms with Crippen LogP contribution in [0.3, 0.4) is 0 Å². The van der Waals surface area contributed by atoms with Crippen molar-refractivity contribution < 1.29 is 9.59 Å². The molecule has 3 aromatic carbocycles. The predicted molar refractivity (Wildman–Crippen MR) is 131 cm³/mol. The lowest BCUT2D eigenvalue weighted by Crippen LogP contribution is -2.33. The molecule has 2 aliphatic carbocycles. The lowest BCUT2D eigenvalue weighted by Gasteiger charge is -2.22. The van der Waals surface area contributed by atoms with Crippen LogP contribution in [0.2, 0.25) is 5.02 Å². The second kappa shape index (κ2) is 7.57. The SMILES string of the molecule is Cc1ccc(Cl)cc1N1C(=O)[C@H]2[C@H](C1=O)[C@H]1C=C[C@H]2C1=C(c1ccccc1)c1ccccc1. The van der Waals surface area contributed by atoms with Gasteiger partial charge in [-0.15, -0.1) is 0 Å². The number of carbonyl (C=O) groups excluding carboxylic acids is 2. The quantitative estimate of drug-likeness (QED) is 0.358. The Kier molecular flexibility index (Phi) is 4.63. The van der Waals surface area contributed by atoms with Gasteiger partial charge in [-0.3, -0.25) is 9.59 Å². The molecule has 4 atom stereocenters. The molecule has 2 bridgehead atoms. The number of halogens is 1. The second-order valence-electron chi connectivity index (χ2n) is 8.99. The van der Waals surface area contributed by atoms with Crippen LogP contribution in [0, 0.1) is 30.6 Å². The number of amides is 2. The summed E-state index contributed by atoms with van der Waals surface area (Å²) < 4.78 is 0. The van der Waals surface area contributed by atoms with Crippen molar-refractivity contribution in [3.8, 4) is 0 Å². The zero-order chi connectivity index (χ0) is 22.7. The maximum atomic E-state index is 13.7. The molecular formula is C29H22ClNO2. The summed E-state index contributed by atoms with van der Waals surface area (Å²) in [6.07, 6.45) is 4.26. The van der Waals surface area contributed by atoms with E-state index in [1.54, 1.807) is 12.1 Å². The van der Waals surface area contributed by atoms with Crippen LogP contribution in [0.15, 0.2) is 96.6 Å². The largest absolute Gasteiger partial charge is 0.274 e. The monoisotopic (exact) mass is 451 g/mol. The fourth-order valence-electron chi connectivity index (χ4n) is 5.87. The number of anilines is 1. The van der Waals surface area contributed by atoms with E-state index in [9.17, 15) is 9.59 Å². The van der Waals surface area contributed by atoms with Crippen LogP contribution in [0.5, 0.6) is 0 Å². The highest BCUT2D eigenvalue weighted by Crippen LogP contribution is 2.59. The number of carbonyl (C=O) groups is 2. The van der Waals surface area contributed by atoms with E-state index < -0.39 is 0 Å². The number of nitrogens with zero attached hydrogens (tertiary/aromatic N) is 1. The number of hydrogen-bond acceptors (Lipinski definition) is 2. The molecule has 0 aromatic heterocycles. The first kappa shape index (κ1) is 20.2. The summed E-state index contributed by atoms with van der Waals surface area (Å²) in [5.41, 5.74) is 6.01. The van der Waals surface area contributed by atoms with E-state index in [1.807, 2.05) is 49.4 Å². The van der Waals surface area contributed by atoms with Crippen LogP contribution in [0.25, 0.3) is 5.57 Å². The van der Waals surface area contributed by atoms with Crippen molar-refractivity contribution in [3.63, 3.8) is 0 Å². The molecule has 1 heterocycles. The molecule has 6 rings (SSSR count). The fraction of sp³-hybridized carbons (Fsp3) is 0.172. The lowest BCUT2D eigenvalue weighted by molar-refractivity contribution is -0.122. The minimum Gasteiger partial charge on any atom is -0.274 e. The lowest BCUT2D eigenvalue weighted by atomic mass is 9.85.